The molecule has 0 aromatic heterocycles. The second-order valence-electron chi connectivity index (χ2n) is 12.7. The predicted molar refractivity (Wildman–Crippen MR) is 183 cm³/mol. The minimum absolute atomic E-state index is 0.102. The monoisotopic (exact) mass is 593 g/mol. The standard InChI is InChI=1S/C36H55N3O2S/c1-6-7-8-9-10-11-12-13-14-15-16-17-24-41-34-32(36(3,4)5)22-19-23-33(34)38-35(40)37-31-21-18-20-30(25-31)26-39-28-42-27-29(39)2/h18-23,25,27H,6-17,24,26,28H2,1-5H3,(H2,37,38,40). The van der Waals surface area contributed by atoms with Crippen molar-refractivity contribution in [2.75, 3.05) is 23.1 Å². The first kappa shape index (κ1) is 33.9. The van der Waals surface area contributed by atoms with Crippen LogP contribution in [0.4, 0.5) is 16.2 Å². The number of amides is 2. The number of allylic oxidation sites excluding steroid dienone is 1. The van der Waals surface area contributed by atoms with Gasteiger partial charge in [-0.2, -0.15) is 0 Å². The number of anilines is 2. The molecule has 2 N–H and O–H groups in total. The molecule has 5 nitrogen and oxygen atoms in total. The average molecular weight is 594 g/mol. The Kier molecular flexibility index (Phi) is 14.6. The van der Waals surface area contributed by atoms with Gasteiger partial charge in [0, 0.05) is 23.5 Å². The smallest absolute Gasteiger partial charge is 0.323 e. The molecule has 6 heteroatoms. The molecule has 2 aromatic rings. The van der Waals surface area contributed by atoms with E-state index < -0.39 is 0 Å². The maximum absolute atomic E-state index is 13.1. The first-order valence-electron chi connectivity index (χ1n) is 16.2. The lowest BCUT2D eigenvalue weighted by atomic mass is 9.86. The van der Waals surface area contributed by atoms with Gasteiger partial charge in [0.25, 0.3) is 0 Å². The van der Waals surface area contributed by atoms with Crippen LogP contribution in [0.1, 0.15) is 123 Å². The number of hydrogen-bond donors (Lipinski definition) is 2. The van der Waals surface area contributed by atoms with Crippen LogP contribution in [-0.2, 0) is 12.0 Å². The number of thioether (sulfide) groups is 1. The van der Waals surface area contributed by atoms with E-state index in [1.54, 1.807) is 0 Å². The van der Waals surface area contributed by atoms with Crippen molar-refractivity contribution in [2.24, 2.45) is 0 Å². The Morgan fingerprint density at radius 2 is 1.52 bits per heavy atom. The number of rotatable bonds is 18. The van der Waals surface area contributed by atoms with Crippen molar-refractivity contribution < 1.29 is 9.53 Å². The lowest BCUT2D eigenvalue weighted by molar-refractivity contribution is 0.261. The quantitative estimate of drug-likeness (QED) is 0.169. The Hall–Kier alpha value is -2.60. The Morgan fingerprint density at radius 3 is 2.14 bits per heavy atom. The van der Waals surface area contributed by atoms with Gasteiger partial charge in [-0.15, -0.1) is 11.8 Å². The van der Waals surface area contributed by atoms with E-state index in [-0.39, 0.29) is 11.4 Å². The maximum atomic E-state index is 13.1. The molecule has 2 aromatic carbocycles. The van der Waals surface area contributed by atoms with Gasteiger partial charge in [0.05, 0.1) is 18.2 Å². The number of unbranched alkanes of at least 4 members (excludes halogenated alkanes) is 11. The van der Waals surface area contributed by atoms with Crippen LogP contribution in [-0.4, -0.2) is 23.4 Å². The van der Waals surface area contributed by atoms with Gasteiger partial charge in [-0.05, 0) is 47.9 Å². The molecule has 1 aliphatic rings. The second kappa shape index (κ2) is 18.1. The summed E-state index contributed by atoms with van der Waals surface area (Å²) in [6.07, 6.45) is 15.8. The van der Waals surface area contributed by atoms with Crippen LogP contribution in [0.15, 0.2) is 53.6 Å². The molecule has 0 saturated carbocycles. The van der Waals surface area contributed by atoms with Gasteiger partial charge in [-0.1, -0.05) is 123 Å². The molecule has 0 saturated heterocycles. The van der Waals surface area contributed by atoms with E-state index in [1.165, 1.54) is 81.9 Å². The number of para-hydroxylation sites is 1. The number of nitrogens with zero attached hydrogens (tertiary/aromatic N) is 1. The number of benzene rings is 2. The molecule has 1 heterocycles. The zero-order valence-electron chi connectivity index (χ0n) is 26.9. The third-order valence-corrected chi connectivity index (χ3v) is 8.83. The molecule has 1 aliphatic heterocycles. The van der Waals surface area contributed by atoms with Crippen LogP contribution in [0.3, 0.4) is 0 Å². The summed E-state index contributed by atoms with van der Waals surface area (Å²) in [6.45, 7) is 12.5. The molecule has 0 radical (unpaired) electrons. The van der Waals surface area contributed by atoms with Crippen LogP contribution in [0, 0.1) is 0 Å². The summed E-state index contributed by atoms with van der Waals surface area (Å²) in [5.74, 6) is 1.75. The summed E-state index contributed by atoms with van der Waals surface area (Å²) in [7, 11) is 0. The summed E-state index contributed by atoms with van der Waals surface area (Å²) in [5, 5.41) is 8.29. The number of urea groups is 1. The van der Waals surface area contributed by atoms with Crippen LogP contribution in [0.5, 0.6) is 5.75 Å². The molecule has 42 heavy (non-hydrogen) atoms. The molecule has 232 valence electrons. The van der Waals surface area contributed by atoms with Crippen LogP contribution in [0.25, 0.3) is 0 Å². The molecule has 2 amide bonds. The first-order valence-corrected chi connectivity index (χ1v) is 17.3. The van der Waals surface area contributed by atoms with Crippen molar-refractivity contribution in [3.63, 3.8) is 0 Å². The first-order chi connectivity index (χ1) is 20.3. The summed E-state index contributed by atoms with van der Waals surface area (Å²) in [5.41, 5.74) is 4.95. The topological polar surface area (TPSA) is 53.6 Å². The fourth-order valence-corrected chi connectivity index (χ4v) is 6.29. The minimum atomic E-state index is -0.263. The maximum Gasteiger partial charge on any atom is 0.323 e. The van der Waals surface area contributed by atoms with Crippen molar-refractivity contribution in [1.29, 1.82) is 0 Å². The van der Waals surface area contributed by atoms with Crippen LogP contribution < -0.4 is 15.4 Å². The minimum Gasteiger partial charge on any atom is -0.491 e. The highest BCUT2D eigenvalue weighted by Crippen LogP contribution is 2.37. The van der Waals surface area contributed by atoms with Gasteiger partial charge in [0.15, 0.2) is 0 Å². The average Bonchev–Trinajstić information content (AvgIpc) is 3.35. The number of ether oxygens (including phenoxy) is 1. The number of carbonyl (C=O) groups is 1. The van der Waals surface area contributed by atoms with Gasteiger partial charge in [-0.25, -0.2) is 4.79 Å². The van der Waals surface area contributed by atoms with E-state index in [4.69, 9.17) is 4.74 Å². The Morgan fingerprint density at radius 1 is 0.881 bits per heavy atom. The summed E-state index contributed by atoms with van der Waals surface area (Å²) < 4.78 is 6.39. The number of nitrogens with one attached hydrogen (secondary N) is 2. The van der Waals surface area contributed by atoms with Crippen molar-refractivity contribution in [3.05, 3.63) is 64.7 Å². The summed E-state index contributed by atoms with van der Waals surface area (Å²) in [4.78, 5) is 15.4. The Labute approximate surface area is 260 Å². The van der Waals surface area contributed by atoms with Gasteiger partial charge in [-0.3, -0.25) is 0 Å². The van der Waals surface area contributed by atoms with E-state index in [2.05, 4.69) is 67.7 Å². The molecule has 0 bridgehead atoms. The van der Waals surface area contributed by atoms with E-state index in [0.717, 1.165) is 35.8 Å². The molecule has 0 fully saturated rings. The van der Waals surface area contributed by atoms with Crippen molar-refractivity contribution in [2.45, 2.75) is 124 Å². The number of carbonyl (C=O) groups excluding carboxylic acids is 1. The SMILES string of the molecule is CCCCCCCCCCCCCCOc1c(NC(=O)Nc2cccc(CN3CSC=C3C)c2)cccc1C(C)(C)C. The van der Waals surface area contributed by atoms with Crippen molar-refractivity contribution >= 4 is 29.2 Å². The molecule has 0 unspecified atom stereocenters. The fourth-order valence-electron chi connectivity index (χ4n) is 5.35. The second-order valence-corrected chi connectivity index (χ2v) is 13.5. The Bertz CT molecular complexity index is 1120. The lowest BCUT2D eigenvalue weighted by Crippen LogP contribution is -2.22. The van der Waals surface area contributed by atoms with Gasteiger partial charge < -0.3 is 20.3 Å². The predicted octanol–water partition coefficient (Wildman–Crippen LogP) is 11.1. The summed E-state index contributed by atoms with van der Waals surface area (Å²) >= 11 is 1.82. The third-order valence-electron chi connectivity index (χ3n) is 7.86. The molecule has 3 rings (SSSR count). The van der Waals surface area contributed by atoms with Crippen molar-refractivity contribution in [1.82, 2.24) is 4.90 Å². The lowest BCUT2D eigenvalue weighted by Gasteiger charge is -2.25. The van der Waals surface area contributed by atoms with E-state index in [9.17, 15) is 4.79 Å². The molecular weight excluding hydrogens is 538 g/mol. The largest absolute Gasteiger partial charge is 0.491 e. The van der Waals surface area contributed by atoms with Crippen molar-refractivity contribution in [3.8, 4) is 5.75 Å². The van der Waals surface area contributed by atoms with E-state index in [0.29, 0.717) is 12.3 Å². The van der Waals surface area contributed by atoms with E-state index >= 15 is 0 Å². The van der Waals surface area contributed by atoms with Gasteiger partial charge in [0.2, 0.25) is 0 Å². The van der Waals surface area contributed by atoms with Crippen LogP contribution >= 0.6 is 11.8 Å². The fraction of sp³-hybridized carbons (Fsp3) is 0.583. The van der Waals surface area contributed by atoms with Gasteiger partial charge in [0.1, 0.15) is 5.75 Å². The molecule has 0 atom stereocenters. The normalized spacial score (nSPS) is 13.3. The molecular formula is C36H55N3O2S. The highest BCUT2D eigenvalue weighted by atomic mass is 32.2. The van der Waals surface area contributed by atoms with Gasteiger partial charge >= 0.3 is 6.03 Å². The summed E-state index contributed by atoms with van der Waals surface area (Å²) in [6, 6.07) is 13.9. The number of hydrogen-bond acceptors (Lipinski definition) is 4. The third kappa shape index (κ3) is 11.9. The van der Waals surface area contributed by atoms with E-state index in [1.807, 2.05) is 42.1 Å². The zero-order chi connectivity index (χ0) is 30.2. The molecule has 0 spiro atoms. The Balaban J connectivity index is 1.47. The van der Waals surface area contributed by atoms with Crippen LogP contribution in [0.2, 0.25) is 0 Å². The molecule has 0 aliphatic carbocycles. The highest BCUT2D eigenvalue weighted by molar-refractivity contribution is 8.02. The zero-order valence-corrected chi connectivity index (χ0v) is 27.7. The highest BCUT2D eigenvalue weighted by Gasteiger charge is 2.22.